The van der Waals surface area contributed by atoms with Crippen LogP contribution in [0.1, 0.15) is 36.5 Å². The highest BCUT2D eigenvalue weighted by Gasteiger charge is 2.30. The molecule has 0 aromatic carbocycles. The van der Waals surface area contributed by atoms with Gasteiger partial charge in [0.05, 0.1) is 30.6 Å². The van der Waals surface area contributed by atoms with Crippen LogP contribution in [0.15, 0.2) is 0 Å². The predicted molar refractivity (Wildman–Crippen MR) is 89.0 cm³/mol. The van der Waals surface area contributed by atoms with Crippen LogP contribution in [0.25, 0.3) is 0 Å². The Labute approximate surface area is 146 Å². The fraction of sp³-hybridized carbons (Fsp3) is 0.471. The van der Waals surface area contributed by atoms with E-state index in [-0.39, 0.29) is 40.8 Å². The zero-order chi connectivity index (χ0) is 18.4. The van der Waals surface area contributed by atoms with Crippen LogP contribution < -0.4 is 10.6 Å². The number of carbonyl (C=O) groups is 1. The van der Waals surface area contributed by atoms with Crippen LogP contribution in [0.3, 0.4) is 0 Å². The number of pyridine rings is 1. The Balaban J connectivity index is 2.45. The van der Waals surface area contributed by atoms with Gasteiger partial charge in [0.25, 0.3) is 0 Å². The number of esters is 1. The largest absolute Gasteiger partial charge is 0.466 e. The standard InChI is InChI=1S/C17H18N6O2/c1-2-25-17(24)11-4-3-7-23(10-11)16-14(9-20)12(5-6-18)13(8-19)15(21)22-16/h11H,2-5,7,10H2,1H3,(H2,21,22)/t11-/m1/s1. The number of ether oxygens (including phenoxy) is 1. The molecule has 0 amide bonds. The van der Waals surface area contributed by atoms with Crippen LogP contribution >= 0.6 is 0 Å². The summed E-state index contributed by atoms with van der Waals surface area (Å²) in [5.74, 6) is -0.277. The van der Waals surface area contributed by atoms with Crippen molar-refractivity contribution >= 4 is 17.6 Å². The van der Waals surface area contributed by atoms with E-state index >= 15 is 0 Å². The quantitative estimate of drug-likeness (QED) is 0.809. The second-order valence-corrected chi connectivity index (χ2v) is 5.64. The highest BCUT2D eigenvalue weighted by Crippen LogP contribution is 2.31. The second kappa shape index (κ2) is 7.99. The van der Waals surface area contributed by atoms with Crippen molar-refractivity contribution in [3.63, 3.8) is 0 Å². The topological polar surface area (TPSA) is 140 Å². The third-order valence-corrected chi connectivity index (χ3v) is 4.13. The number of nitrogens with zero attached hydrogens (tertiary/aromatic N) is 5. The van der Waals surface area contributed by atoms with E-state index in [1.54, 1.807) is 6.92 Å². The highest BCUT2D eigenvalue weighted by molar-refractivity contribution is 5.74. The van der Waals surface area contributed by atoms with Gasteiger partial charge in [-0.15, -0.1) is 0 Å². The zero-order valence-corrected chi connectivity index (χ0v) is 13.9. The van der Waals surface area contributed by atoms with E-state index in [9.17, 15) is 15.3 Å². The number of piperidine rings is 1. The number of rotatable bonds is 4. The first-order chi connectivity index (χ1) is 12.1. The van der Waals surface area contributed by atoms with Crippen LogP contribution in [-0.4, -0.2) is 30.6 Å². The normalized spacial score (nSPS) is 16.4. The summed E-state index contributed by atoms with van der Waals surface area (Å²) >= 11 is 0. The Kier molecular flexibility index (Phi) is 5.76. The smallest absolute Gasteiger partial charge is 0.310 e. The van der Waals surface area contributed by atoms with Gasteiger partial charge in [-0.1, -0.05) is 0 Å². The lowest BCUT2D eigenvalue weighted by atomic mass is 9.96. The molecule has 0 unspecified atom stereocenters. The molecule has 1 fully saturated rings. The van der Waals surface area contributed by atoms with Crippen molar-refractivity contribution in [2.45, 2.75) is 26.2 Å². The van der Waals surface area contributed by atoms with Crippen molar-refractivity contribution < 1.29 is 9.53 Å². The van der Waals surface area contributed by atoms with Gasteiger partial charge in [0.15, 0.2) is 0 Å². The molecule has 1 aromatic heterocycles. The van der Waals surface area contributed by atoms with E-state index in [0.29, 0.717) is 31.9 Å². The number of nitrogen functional groups attached to an aromatic ring is 1. The van der Waals surface area contributed by atoms with E-state index in [1.165, 1.54) is 0 Å². The first-order valence-electron chi connectivity index (χ1n) is 7.98. The average molecular weight is 338 g/mol. The summed E-state index contributed by atoms with van der Waals surface area (Å²) in [6.45, 7) is 3.03. The molecule has 0 radical (unpaired) electrons. The molecule has 2 N–H and O–H groups in total. The maximum Gasteiger partial charge on any atom is 0.310 e. The van der Waals surface area contributed by atoms with Gasteiger partial charge in [-0.05, 0) is 19.8 Å². The van der Waals surface area contributed by atoms with Crippen molar-refractivity contribution in [2.75, 3.05) is 30.3 Å². The summed E-state index contributed by atoms with van der Waals surface area (Å²) in [7, 11) is 0. The van der Waals surface area contributed by atoms with Gasteiger partial charge in [0, 0.05) is 18.7 Å². The van der Waals surface area contributed by atoms with Crippen LogP contribution in [0.5, 0.6) is 0 Å². The van der Waals surface area contributed by atoms with Crippen molar-refractivity contribution in [3.05, 3.63) is 16.7 Å². The molecule has 0 spiro atoms. The summed E-state index contributed by atoms with van der Waals surface area (Å²) in [5, 5.41) is 27.8. The number of nitriles is 3. The molecule has 2 rings (SSSR count). The van der Waals surface area contributed by atoms with Crippen molar-refractivity contribution in [1.29, 1.82) is 15.8 Å². The average Bonchev–Trinajstić information content (AvgIpc) is 2.62. The first kappa shape index (κ1) is 18.0. The van der Waals surface area contributed by atoms with E-state index in [1.807, 2.05) is 23.1 Å². The minimum absolute atomic E-state index is 0.0139. The van der Waals surface area contributed by atoms with Crippen molar-refractivity contribution in [2.24, 2.45) is 5.92 Å². The fourth-order valence-electron chi connectivity index (χ4n) is 2.99. The molecular weight excluding hydrogens is 320 g/mol. The Hall–Kier alpha value is -3.31. The molecule has 25 heavy (non-hydrogen) atoms. The van der Waals surface area contributed by atoms with E-state index in [0.717, 1.165) is 6.42 Å². The molecule has 0 saturated carbocycles. The SMILES string of the molecule is CCOC(=O)[C@@H]1CCCN(c2nc(N)c(C#N)c(CC#N)c2C#N)C1. The van der Waals surface area contributed by atoms with Gasteiger partial charge in [0.1, 0.15) is 29.3 Å². The molecule has 0 aliphatic carbocycles. The number of anilines is 2. The van der Waals surface area contributed by atoms with Crippen LogP contribution in [-0.2, 0) is 16.0 Å². The lowest BCUT2D eigenvalue weighted by Crippen LogP contribution is -2.40. The van der Waals surface area contributed by atoms with Gasteiger partial charge in [-0.3, -0.25) is 4.79 Å². The number of hydrogen-bond donors (Lipinski definition) is 1. The van der Waals surface area contributed by atoms with E-state index in [4.69, 9.17) is 15.7 Å². The van der Waals surface area contributed by atoms with Gasteiger partial charge < -0.3 is 15.4 Å². The number of hydrogen-bond acceptors (Lipinski definition) is 8. The number of aromatic nitrogens is 1. The molecule has 0 bridgehead atoms. The first-order valence-corrected chi connectivity index (χ1v) is 7.98. The van der Waals surface area contributed by atoms with E-state index < -0.39 is 0 Å². The predicted octanol–water partition coefficient (Wildman–Crippen LogP) is 1.25. The molecule has 1 atom stereocenters. The Morgan fingerprint density at radius 3 is 2.68 bits per heavy atom. The summed E-state index contributed by atoms with van der Waals surface area (Å²) in [4.78, 5) is 18.0. The third kappa shape index (κ3) is 3.62. The summed E-state index contributed by atoms with van der Waals surface area (Å²) < 4.78 is 5.08. The minimum Gasteiger partial charge on any atom is -0.466 e. The lowest BCUT2D eigenvalue weighted by Gasteiger charge is -2.33. The van der Waals surface area contributed by atoms with Crippen LogP contribution in [0, 0.1) is 39.9 Å². The second-order valence-electron chi connectivity index (χ2n) is 5.64. The van der Waals surface area contributed by atoms with Gasteiger partial charge >= 0.3 is 5.97 Å². The number of nitrogens with two attached hydrogens (primary N) is 1. The molecule has 8 heteroatoms. The fourth-order valence-corrected chi connectivity index (χ4v) is 2.99. The van der Waals surface area contributed by atoms with Crippen molar-refractivity contribution in [3.8, 4) is 18.2 Å². The molecule has 128 valence electrons. The summed E-state index contributed by atoms with van der Waals surface area (Å²) in [6.07, 6.45) is 1.33. The molecule has 1 aromatic rings. The zero-order valence-electron chi connectivity index (χ0n) is 13.9. The third-order valence-electron chi connectivity index (χ3n) is 4.13. The summed E-state index contributed by atoms with van der Waals surface area (Å²) in [5.41, 5.74) is 6.37. The van der Waals surface area contributed by atoms with E-state index in [2.05, 4.69) is 4.98 Å². The van der Waals surface area contributed by atoms with Gasteiger partial charge in [0.2, 0.25) is 0 Å². The molecule has 2 heterocycles. The van der Waals surface area contributed by atoms with Gasteiger partial charge in [-0.2, -0.15) is 15.8 Å². The Morgan fingerprint density at radius 1 is 1.36 bits per heavy atom. The number of carbonyl (C=O) groups excluding carboxylic acids is 1. The molecular formula is C17H18N6O2. The molecule has 1 aliphatic rings. The highest BCUT2D eigenvalue weighted by atomic mass is 16.5. The summed E-state index contributed by atoms with van der Waals surface area (Å²) in [6, 6.07) is 5.91. The van der Waals surface area contributed by atoms with Gasteiger partial charge in [-0.25, -0.2) is 4.98 Å². The maximum absolute atomic E-state index is 12.0. The minimum atomic E-state index is -0.307. The lowest BCUT2D eigenvalue weighted by molar-refractivity contribution is -0.148. The van der Waals surface area contributed by atoms with Crippen molar-refractivity contribution in [1.82, 2.24) is 4.98 Å². The monoisotopic (exact) mass is 338 g/mol. The molecule has 8 nitrogen and oxygen atoms in total. The van der Waals surface area contributed by atoms with Crippen LogP contribution in [0.2, 0.25) is 0 Å². The molecule has 1 saturated heterocycles. The Bertz CT molecular complexity index is 799. The van der Waals surface area contributed by atoms with Crippen LogP contribution in [0.4, 0.5) is 11.6 Å². The maximum atomic E-state index is 12.0. The Morgan fingerprint density at radius 2 is 2.08 bits per heavy atom. The molecule has 1 aliphatic heterocycles.